The monoisotopic (exact) mass is 275 g/mol. The van der Waals surface area contributed by atoms with Crippen LogP contribution in [0.2, 0.25) is 0 Å². The van der Waals surface area contributed by atoms with Gasteiger partial charge in [0.2, 0.25) is 5.91 Å². The highest BCUT2D eigenvalue weighted by molar-refractivity contribution is 5.98. The Bertz CT molecular complexity index is 538. The van der Waals surface area contributed by atoms with Gasteiger partial charge in [-0.15, -0.1) is 0 Å². The topological polar surface area (TPSA) is 79.5 Å². The van der Waals surface area contributed by atoms with Crippen molar-refractivity contribution in [3.8, 4) is 5.75 Å². The highest BCUT2D eigenvalue weighted by Crippen LogP contribution is 2.30. The Labute approximate surface area is 116 Å². The first-order valence-electron chi connectivity index (χ1n) is 6.80. The van der Waals surface area contributed by atoms with Crippen LogP contribution in [0.15, 0.2) is 18.2 Å². The van der Waals surface area contributed by atoms with Gasteiger partial charge in [0.25, 0.3) is 5.91 Å². The predicted octanol–water partition coefficient (Wildman–Crippen LogP) is 0.956. The lowest BCUT2D eigenvalue weighted by Crippen LogP contribution is -2.37. The SMILES string of the molecule is O=C1COc2ccc(NC(=O)[C@H]3CCCNC3)cc2N1. The second-order valence-electron chi connectivity index (χ2n) is 5.08. The fourth-order valence-corrected chi connectivity index (χ4v) is 2.48. The number of amides is 2. The second-order valence-corrected chi connectivity index (χ2v) is 5.08. The Morgan fingerprint density at radius 2 is 2.30 bits per heavy atom. The minimum atomic E-state index is -0.183. The van der Waals surface area contributed by atoms with E-state index in [1.54, 1.807) is 18.2 Å². The normalized spacial score (nSPS) is 21.4. The Balaban J connectivity index is 1.69. The number of nitrogens with one attached hydrogen (secondary N) is 3. The molecular weight excluding hydrogens is 258 g/mol. The third kappa shape index (κ3) is 2.75. The molecule has 1 aromatic rings. The molecule has 2 heterocycles. The molecule has 3 rings (SSSR count). The molecule has 0 aromatic heterocycles. The Kier molecular flexibility index (Phi) is 3.56. The maximum absolute atomic E-state index is 12.1. The van der Waals surface area contributed by atoms with E-state index in [0.29, 0.717) is 17.1 Å². The third-order valence-corrected chi connectivity index (χ3v) is 3.55. The first-order chi connectivity index (χ1) is 9.72. The summed E-state index contributed by atoms with van der Waals surface area (Å²) in [6.45, 7) is 1.73. The van der Waals surface area contributed by atoms with Crippen LogP contribution in [-0.2, 0) is 9.59 Å². The number of rotatable bonds is 2. The molecule has 2 aliphatic rings. The van der Waals surface area contributed by atoms with Gasteiger partial charge in [-0.1, -0.05) is 0 Å². The van der Waals surface area contributed by atoms with E-state index in [9.17, 15) is 9.59 Å². The van der Waals surface area contributed by atoms with Crippen LogP contribution in [0.1, 0.15) is 12.8 Å². The van der Waals surface area contributed by atoms with Crippen LogP contribution < -0.4 is 20.7 Å². The molecule has 20 heavy (non-hydrogen) atoms. The summed E-state index contributed by atoms with van der Waals surface area (Å²) in [4.78, 5) is 23.4. The molecule has 1 atom stereocenters. The van der Waals surface area contributed by atoms with E-state index in [2.05, 4.69) is 16.0 Å². The minimum absolute atomic E-state index is 0.00521. The second kappa shape index (κ2) is 5.50. The smallest absolute Gasteiger partial charge is 0.262 e. The summed E-state index contributed by atoms with van der Waals surface area (Å²) in [5.74, 6) is 0.463. The number of anilines is 2. The van der Waals surface area contributed by atoms with E-state index in [0.717, 1.165) is 25.9 Å². The number of carbonyl (C=O) groups excluding carboxylic acids is 2. The molecule has 0 bridgehead atoms. The Morgan fingerprint density at radius 3 is 3.10 bits per heavy atom. The van der Waals surface area contributed by atoms with Crippen molar-refractivity contribution < 1.29 is 14.3 Å². The van der Waals surface area contributed by atoms with E-state index in [-0.39, 0.29) is 24.3 Å². The van der Waals surface area contributed by atoms with Crippen molar-refractivity contribution in [2.45, 2.75) is 12.8 Å². The van der Waals surface area contributed by atoms with Gasteiger partial charge in [-0.3, -0.25) is 9.59 Å². The molecule has 106 valence electrons. The lowest BCUT2D eigenvalue weighted by Gasteiger charge is -2.23. The van der Waals surface area contributed by atoms with E-state index < -0.39 is 0 Å². The zero-order chi connectivity index (χ0) is 13.9. The van der Waals surface area contributed by atoms with E-state index in [1.165, 1.54) is 0 Å². The minimum Gasteiger partial charge on any atom is -0.482 e. The first kappa shape index (κ1) is 12.9. The van der Waals surface area contributed by atoms with Crippen molar-refractivity contribution >= 4 is 23.2 Å². The van der Waals surface area contributed by atoms with Crippen LogP contribution in [-0.4, -0.2) is 31.5 Å². The van der Waals surface area contributed by atoms with Crippen molar-refractivity contribution in [1.29, 1.82) is 0 Å². The van der Waals surface area contributed by atoms with Crippen molar-refractivity contribution in [2.75, 3.05) is 30.3 Å². The molecule has 6 heteroatoms. The summed E-state index contributed by atoms with van der Waals surface area (Å²) < 4.78 is 5.28. The molecule has 0 spiro atoms. The van der Waals surface area contributed by atoms with Gasteiger partial charge >= 0.3 is 0 Å². The highest BCUT2D eigenvalue weighted by atomic mass is 16.5. The van der Waals surface area contributed by atoms with Crippen LogP contribution in [0.5, 0.6) is 5.75 Å². The molecule has 2 aliphatic heterocycles. The zero-order valence-electron chi connectivity index (χ0n) is 11.1. The van der Waals surface area contributed by atoms with E-state index in [4.69, 9.17) is 4.74 Å². The van der Waals surface area contributed by atoms with Gasteiger partial charge in [-0.05, 0) is 37.6 Å². The van der Waals surface area contributed by atoms with Gasteiger partial charge in [0.15, 0.2) is 6.61 Å². The van der Waals surface area contributed by atoms with Crippen molar-refractivity contribution in [3.63, 3.8) is 0 Å². The van der Waals surface area contributed by atoms with Gasteiger partial charge < -0.3 is 20.7 Å². The van der Waals surface area contributed by atoms with Gasteiger partial charge in [0.05, 0.1) is 11.6 Å². The molecule has 0 aliphatic carbocycles. The lowest BCUT2D eigenvalue weighted by molar-refractivity contribution is -0.120. The average Bonchev–Trinajstić information content (AvgIpc) is 2.47. The quantitative estimate of drug-likeness (QED) is 0.751. The van der Waals surface area contributed by atoms with Crippen LogP contribution in [0.4, 0.5) is 11.4 Å². The lowest BCUT2D eigenvalue weighted by atomic mass is 9.99. The van der Waals surface area contributed by atoms with Crippen molar-refractivity contribution in [3.05, 3.63) is 18.2 Å². The molecule has 1 fully saturated rings. The average molecular weight is 275 g/mol. The van der Waals surface area contributed by atoms with E-state index in [1.807, 2.05) is 0 Å². The summed E-state index contributed by atoms with van der Waals surface area (Å²) in [5, 5.41) is 8.84. The summed E-state index contributed by atoms with van der Waals surface area (Å²) >= 11 is 0. The third-order valence-electron chi connectivity index (χ3n) is 3.55. The van der Waals surface area contributed by atoms with Crippen molar-refractivity contribution in [1.82, 2.24) is 5.32 Å². The predicted molar refractivity (Wildman–Crippen MR) is 74.8 cm³/mol. The number of hydrogen-bond acceptors (Lipinski definition) is 4. The highest BCUT2D eigenvalue weighted by Gasteiger charge is 2.22. The van der Waals surface area contributed by atoms with Gasteiger partial charge in [-0.25, -0.2) is 0 Å². The number of hydrogen-bond donors (Lipinski definition) is 3. The van der Waals surface area contributed by atoms with Crippen molar-refractivity contribution in [2.24, 2.45) is 5.92 Å². The number of benzene rings is 1. The van der Waals surface area contributed by atoms with Gasteiger partial charge in [0, 0.05) is 12.2 Å². The number of carbonyl (C=O) groups is 2. The van der Waals surface area contributed by atoms with Crippen LogP contribution in [0.3, 0.4) is 0 Å². The van der Waals surface area contributed by atoms with Gasteiger partial charge in [0.1, 0.15) is 5.75 Å². The van der Waals surface area contributed by atoms with E-state index >= 15 is 0 Å². The molecular formula is C14H17N3O3. The molecule has 1 aromatic carbocycles. The fraction of sp³-hybridized carbons (Fsp3) is 0.429. The molecule has 0 radical (unpaired) electrons. The first-order valence-corrected chi connectivity index (χ1v) is 6.80. The molecule has 6 nitrogen and oxygen atoms in total. The maximum Gasteiger partial charge on any atom is 0.262 e. The largest absolute Gasteiger partial charge is 0.482 e. The molecule has 0 unspecified atom stereocenters. The summed E-state index contributed by atoms with van der Waals surface area (Å²) in [6.07, 6.45) is 1.93. The maximum atomic E-state index is 12.1. The van der Waals surface area contributed by atoms with Gasteiger partial charge in [-0.2, -0.15) is 0 Å². The zero-order valence-corrected chi connectivity index (χ0v) is 11.1. The standard InChI is InChI=1S/C14H17N3O3/c18-13-8-20-12-4-3-10(6-11(12)17-13)16-14(19)9-2-1-5-15-7-9/h3-4,6,9,15H,1-2,5,7-8H2,(H,16,19)(H,17,18)/t9-/m0/s1. The molecule has 1 saturated heterocycles. The number of ether oxygens (including phenoxy) is 1. The summed E-state index contributed by atoms with van der Waals surface area (Å²) in [6, 6.07) is 5.26. The van der Waals surface area contributed by atoms with Crippen LogP contribution in [0.25, 0.3) is 0 Å². The molecule has 2 amide bonds. The Morgan fingerprint density at radius 1 is 1.40 bits per heavy atom. The Hall–Kier alpha value is -2.08. The molecule has 3 N–H and O–H groups in total. The summed E-state index contributed by atoms with van der Waals surface area (Å²) in [5.41, 5.74) is 1.27. The van der Waals surface area contributed by atoms with Crippen LogP contribution in [0, 0.1) is 5.92 Å². The van der Waals surface area contributed by atoms with Crippen LogP contribution >= 0.6 is 0 Å². The number of fused-ring (bicyclic) bond motifs is 1. The summed E-state index contributed by atoms with van der Waals surface area (Å²) in [7, 11) is 0. The molecule has 0 saturated carbocycles. The fourth-order valence-electron chi connectivity index (χ4n) is 2.48. The number of piperidine rings is 1.